The number of hydrogen-bond donors (Lipinski definition) is 2. The van der Waals surface area contributed by atoms with Gasteiger partial charge in [0.1, 0.15) is 17.1 Å². The van der Waals surface area contributed by atoms with Crippen LogP contribution >= 0.6 is 0 Å². The Bertz CT molecular complexity index is 1510. The van der Waals surface area contributed by atoms with Gasteiger partial charge in [-0.25, -0.2) is 18.7 Å². The van der Waals surface area contributed by atoms with Crippen molar-refractivity contribution in [1.82, 2.24) is 29.8 Å². The number of carbonyl (C=O) groups excluding carboxylic acids is 2. The van der Waals surface area contributed by atoms with E-state index in [1.165, 1.54) is 21.3 Å². The maximum absolute atomic E-state index is 14.1. The van der Waals surface area contributed by atoms with Gasteiger partial charge in [0.05, 0.1) is 11.7 Å². The SMILES string of the molecule is Cn1c(=O)oc2ccc(CNC(=O)c3cc(C(=O)NCC4CCC(C)(F)CC4)n4nccc4n3)cc21. The van der Waals surface area contributed by atoms with Crippen LogP contribution in [0.25, 0.3) is 16.7 Å². The van der Waals surface area contributed by atoms with E-state index in [4.69, 9.17) is 4.42 Å². The van der Waals surface area contributed by atoms with Crippen LogP contribution in [-0.2, 0) is 13.6 Å². The van der Waals surface area contributed by atoms with E-state index in [-0.39, 0.29) is 29.8 Å². The molecule has 0 spiro atoms. The first-order valence-corrected chi connectivity index (χ1v) is 11.9. The van der Waals surface area contributed by atoms with E-state index in [1.54, 1.807) is 38.2 Å². The van der Waals surface area contributed by atoms with Gasteiger partial charge in [-0.15, -0.1) is 0 Å². The summed E-state index contributed by atoms with van der Waals surface area (Å²) < 4.78 is 22.0. The number of alkyl halides is 1. The molecule has 188 valence electrons. The van der Waals surface area contributed by atoms with E-state index in [0.29, 0.717) is 49.0 Å². The maximum atomic E-state index is 14.1. The van der Waals surface area contributed by atoms with Crippen LogP contribution < -0.4 is 16.4 Å². The largest absolute Gasteiger partial charge is 0.419 e. The number of rotatable bonds is 6. The van der Waals surface area contributed by atoms with Crippen molar-refractivity contribution >= 4 is 28.6 Å². The Balaban J connectivity index is 1.29. The molecule has 1 saturated carbocycles. The van der Waals surface area contributed by atoms with E-state index in [0.717, 1.165) is 5.56 Å². The summed E-state index contributed by atoms with van der Waals surface area (Å²) in [4.78, 5) is 41.9. The smallest absolute Gasteiger partial charge is 0.408 e. The minimum atomic E-state index is -1.13. The molecular formula is C25H27FN6O4. The van der Waals surface area contributed by atoms with Crippen LogP contribution in [0, 0.1) is 5.92 Å². The first kappa shape index (κ1) is 23.7. The van der Waals surface area contributed by atoms with Crippen LogP contribution in [0.1, 0.15) is 59.1 Å². The highest BCUT2D eigenvalue weighted by atomic mass is 19.1. The molecule has 0 bridgehead atoms. The van der Waals surface area contributed by atoms with Crippen LogP contribution in [0.2, 0.25) is 0 Å². The van der Waals surface area contributed by atoms with Crippen LogP contribution in [0.5, 0.6) is 0 Å². The number of aryl methyl sites for hydroxylation is 1. The van der Waals surface area contributed by atoms with Crippen LogP contribution in [-0.4, -0.2) is 43.2 Å². The lowest BCUT2D eigenvalue weighted by atomic mass is 9.81. The Kier molecular flexibility index (Phi) is 6.07. The third-order valence-electron chi connectivity index (χ3n) is 6.83. The van der Waals surface area contributed by atoms with Gasteiger partial charge in [0.2, 0.25) is 0 Å². The lowest BCUT2D eigenvalue weighted by Crippen LogP contribution is -2.35. The zero-order valence-electron chi connectivity index (χ0n) is 20.1. The Hall–Kier alpha value is -4.02. The number of oxazole rings is 1. The molecule has 0 atom stereocenters. The van der Waals surface area contributed by atoms with Crippen molar-refractivity contribution in [3.05, 3.63) is 64.0 Å². The van der Waals surface area contributed by atoms with Crippen LogP contribution in [0.3, 0.4) is 0 Å². The highest BCUT2D eigenvalue weighted by Crippen LogP contribution is 2.34. The fourth-order valence-corrected chi connectivity index (χ4v) is 4.56. The number of fused-ring (bicyclic) bond motifs is 2. The number of carbonyl (C=O) groups is 2. The second-order valence-electron chi connectivity index (χ2n) is 9.61. The van der Waals surface area contributed by atoms with Crippen LogP contribution in [0.15, 0.2) is 45.7 Å². The summed E-state index contributed by atoms with van der Waals surface area (Å²) in [5.74, 6) is -1.08. The van der Waals surface area contributed by atoms with Gasteiger partial charge in [-0.2, -0.15) is 5.10 Å². The molecule has 1 aliphatic rings. The summed E-state index contributed by atoms with van der Waals surface area (Å²) in [5.41, 5.74) is 1.37. The fraction of sp³-hybridized carbons (Fsp3) is 0.400. The number of amides is 2. The Labute approximate surface area is 205 Å². The number of halogens is 1. The number of nitrogens with zero attached hydrogens (tertiary/aromatic N) is 4. The van der Waals surface area contributed by atoms with E-state index in [1.807, 2.05) is 0 Å². The van der Waals surface area contributed by atoms with Crippen LogP contribution in [0.4, 0.5) is 4.39 Å². The summed E-state index contributed by atoms with van der Waals surface area (Å²) in [6.07, 6.45) is 3.91. The lowest BCUT2D eigenvalue weighted by molar-refractivity contribution is 0.0887. The summed E-state index contributed by atoms with van der Waals surface area (Å²) in [7, 11) is 1.61. The van der Waals surface area contributed by atoms with Crippen molar-refractivity contribution in [3.63, 3.8) is 0 Å². The second-order valence-corrected chi connectivity index (χ2v) is 9.61. The normalized spacial score (nSPS) is 20.0. The number of benzene rings is 1. The monoisotopic (exact) mass is 494 g/mol. The maximum Gasteiger partial charge on any atom is 0.419 e. The third-order valence-corrected chi connectivity index (χ3v) is 6.83. The fourth-order valence-electron chi connectivity index (χ4n) is 4.56. The van der Waals surface area contributed by atoms with Crippen molar-refractivity contribution in [2.75, 3.05) is 6.54 Å². The quantitative estimate of drug-likeness (QED) is 0.425. The molecule has 11 heteroatoms. The Morgan fingerprint density at radius 2 is 1.94 bits per heavy atom. The molecule has 0 aliphatic heterocycles. The molecule has 3 aromatic heterocycles. The topological polar surface area (TPSA) is 124 Å². The number of aromatic nitrogens is 4. The molecule has 0 unspecified atom stereocenters. The molecule has 1 aromatic carbocycles. The van der Waals surface area contributed by atoms with Gasteiger partial charge in [0.25, 0.3) is 11.8 Å². The molecule has 36 heavy (non-hydrogen) atoms. The first-order chi connectivity index (χ1) is 17.2. The minimum absolute atomic E-state index is 0.0794. The molecule has 2 N–H and O–H groups in total. The van der Waals surface area contributed by atoms with Gasteiger partial charge < -0.3 is 15.1 Å². The van der Waals surface area contributed by atoms with Gasteiger partial charge >= 0.3 is 5.76 Å². The molecule has 10 nitrogen and oxygen atoms in total. The van der Waals surface area contributed by atoms with E-state index >= 15 is 0 Å². The number of nitrogens with one attached hydrogen (secondary N) is 2. The summed E-state index contributed by atoms with van der Waals surface area (Å²) in [5, 5.41) is 9.87. The molecule has 4 aromatic rings. The molecular weight excluding hydrogens is 467 g/mol. The van der Waals surface area contributed by atoms with Crippen molar-refractivity contribution < 1.29 is 18.4 Å². The zero-order chi connectivity index (χ0) is 25.4. The van der Waals surface area contributed by atoms with E-state index in [9.17, 15) is 18.8 Å². The highest BCUT2D eigenvalue weighted by molar-refractivity contribution is 5.98. The predicted octanol–water partition coefficient (Wildman–Crippen LogP) is 2.75. The molecule has 1 aliphatic carbocycles. The standard InChI is InChI=1S/C25H27FN6O4/c1-25(26)8-5-15(6-9-25)13-28-23(34)19-12-17(30-21-7-10-29-32(19)21)22(33)27-14-16-3-4-20-18(11-16)31(2)24(35)36-20/h3-4,7,10-12,15H,5-6,8-9,13-14H2,1-2H3,(H,27,33)(H,28,34). The average molecular weight is 495 g/mol. The summed E-state index contributed by atoms with van der Waals surface area (Å²) in [6, 6.07) is 8.23. The van der Waals surface area contributed by atoms with Gasteiger partial charge in [-0.1, -0.05) is 6.07 Å². The molecule has 0 saturated heterocycles. The zero-order valence-corrected chi connectivity index (χ0v) is 20.1. The van der Waals surface area contributed by atoms with Gasteiger partial charge in [0.15, 0.2) is 11.2 Å². The Morgan fingerprint density at radius 1 is 1.17 bits per heavy atom. The summed E-state index contributed by atoms with van der Waals surface area (Å²) in [6.45, 7) is 2.25. The molecule has 3 heterocycles. The third kappa shape index (κ3) is 4.73. The lowest BCUT2D eigenvalue weighted by Gasteiger charge is -2.31. The highest BCUT2D eigenvalue weighted by Gasteiger charge is 2.30. The van der Waals surface area contributed by atoms with Gasteiger partial charge in [-0.05, 0) is 56.2 Å². The van der Waals surface area contributed by atoms with E-state index < -0.39 is 17.3 Å². The van der Waals surface area contributed by atoms with E-state index in [2.05, 4.69) is 20.7 Å². The Morgan fingerprint density at radius 3 is 2.72 bits per heavy atom. The first-order valence-electron chi connectivity index (χ1n) is 11.9. The molecule has 0 radical (unpaired) electrons. The summed E-state index contributed by atoms with van der Waals surface area (Å²) >= 11 is 0. The van der Waals surface area contributed by atoms with Crippen molar-refractivity contribution in [1.29, 1.82) is 0 Å². The minimum Gasteiger partial charge on any atom is -0.408 e. The number of hydrogen-bond acceptors (Lipinski definition) is 6. The molecule has 1 fully saturated rings. The van der Waals surface area contributed by atoms with Gasteiger partial charge in [0, 0.05) is 32.3 Å². The van der Waals surface area contributed by atoms with Crippen molar-refractivity contribution in [2.45, 2.75) is 44.8 Å². The van der Waals surface area contributed by atoms with Crippen molar-refractivity contribution in [3.8, 4) is 0 Å². The second kappa shape index (κ2) is 9.21. The van der Waals surface area contributed by atoms with Crippen molar-refractivity contribution in [2.24, 2.45) is 13.0 Å². The predicted molar refractivity (Wildman–Crippen MR) is 129 cm³/mol. The van der Waals surface area contributed by atoms with Gasteiger partial charge in [-0.3, -0.25) is 14.2 Å². The molecule has 2 amide bonds. The average Bonchev–Trinajstić information content (AvgIpc) is 3.45. The molecule has 5 rings (SSSR count).